The second-order valence-electron chi connectivity index (χ2n) is 17.7. The zero-order valence-electron chi connectivity index (χ0n) is 43.0. The summed E-state index contributed by atoms with van der Waals surface area (Å²) in [5.41, 5.74) is -2.16. The topological polar surface area (TPSA) is 770 Å². The van der Waals surface area contributed by atoms with E-state index in [9.17, 15) is 156 Å². The standard InChI is InChI=1S/C30H40N2O48S12/c33-81(34,35)69-19-9-5-15(23(73-85(45,46)47)27(19)77-89(57,58)59)31(16-6-10-20(70-82(36,37)38)28(78-90(60,61)62)24(16)74-86(48,49)50)13-1-2-14(4-3-13)32(17-7-11-21(71-83(39,40)41)29(79-91(63,64)65)25(17)75-87(51,52)53)18-8-12-22(72-84(42,43)44)30(80-92(66,67)68)26(18)76-88(54,55)56/h1-12,15-30H,(H,33,34,35)(H,36,37,38)(H,39,40,41)(H,42,43,44)(H,45,46,47)(H,48,49,50)(H,51,52,53)(H,54,55,56)(H,57,58,59)(H,60,61,62)(H,63,64,65)(H,66,67,68)/t15-,16-,17-,18-,19+,20+,21+,22+,23+,24+,25+,26+,27+,28+,29+,30+/m0/s1. The van der Waals surface area contributed by atoms with Crippen LogP contribution in [-0.4, -0.2) is 253 Å². The molecule has 0 heterocycles. The second-order valence-corrected chi connectivity index (χ2v) is 30.3. The van der Waals surface area contributed by atoms with Gasteiger partial charge in [0, 0.05) is 11.4 Å². The van der Waals surface area contributed by atoms with Gasteiger partial charge in [-0.25, -0.2) is 50.2 Å². The van der Waals surface area contributed by atoms with E-state index in [0.717, 1.165) is 0 Å². The monoisotopic (exact) mass is 1580 g/mol. The molecule has 0 saturated heterocycles. The molecule has 0 amide bonds. The van der Waals surface area contributed by atoms with Crippen LogP contribution in [0.1, 0.15) is 0 Å². The van der Waals surface area contributed by atoms with Crippen molar-refractivity contribution >= 4 is 136 Å². The molecule has 0 unspecified atom stereocenters. The maximum absolute atomic E-state index is 12.6. The molecule has 92 heavy (non-hydrogen) atoms. The van der Waals surface area contributed by atoms with Gasteiger partial charge < -0.3 is 9.80 Å². The van der Waals surface area contributed by atoms with Crippen LogP contribution in [-0.2, 0) is 175 Å². The number of rotatable bonds is 30. The molecule has 0 aliphatic heterocycles. The molecule has 530 valence electrons. The zero-order valence-corrected chi connectivity index (χ0v) is 52.8. The Bertz CT molecular complexity index is 3930. The van der Waals surface area contributed by atoms with Crippen LogP contribution in [0.4, 0.5) is 11.4 Å². The Kier molecular flexibility index (Phi) is 24.0. The summed E-state index contributed by atoms with van der Waals surface area (Å²) in [5.74, 6) is 0. The summed E-state index contributed by atoms with van der Waals surface area (Å²) in [7, 11) is -74.2. The molecular weight excluding hydrogens is 1540 g/mol. The van der Waals surface area contributed by atoms with Crippen molar-refractivity contribution in [1.82, 2.24) is 0 Å². The highest BCUT2D eigenvalue weighted by molar-refractivity contribution is 7.83. The average Bonchev–Trinajstić information content (AvgIpc) is 0.752. The maximum atomic E-state index is 12.6. The van der Waals surface area contributed by atoms with Crippen LogP contribution in [0.3, 0.4) is 0 Å². The third kappa shape index (κ3) is 25.0. The maximum Gasteiger partial charge on any atom is 0.398 e. The molecule has 0 radical (unpaired) electrons. The molecule has 1 aromatic carbocycles. The van der Waals surface area contributed by atoms with Crippen LogP contribution >= 0.6 is 0 Å². The van der Waals surface area contributed by atoms with Gasteiger partial charge in [0.25, 0.3) is 0 Å². The van der Waals surface area contributed by atoms with Crippen LogP contribution in [0.5, 0.6) is 0 Å². The summed E-state index contributed by atoms with van der Waals surface area (Å²) in [4.78, 5) is 0.355. The number of nitrogens with zero attached hydrogens (tertiary/aromatic N) is 2. The van der Waals surface area contributed by atoms with Crippen LogP contribution in [0.15, 0.2) is 72.9 Å². The van der Waals surface area contributed by atoms with E-state index in [-0.39, 0.29) is 34.1 Å². The molecule has 0 fully saturated rings. The van der Waals surface area contributed by atoms with Gasteiger partial charge in [-0.2, -0.15) is 101 Å². The van der Waals surface area contributed by atoms with Crippen LogP contribution < -0.4 is 9.80 Å². The fourth-order valence-electron chi connectivity index (χ4n) is 9.10. The summed E-state index contributed by atoms with van der Waals surface area (Å²) >= 11 is 0. The Morgan fingerprint density at radius 3 is 0.467 bits per heavy atom. The van der Waals surface area contributed by atoms with Gasteiger partial charge in [-0.05, 0) is 24.3 Å². The molecule has 50 nitrogen and oxygen atoms in total. The molecule has 0 bridgehead atoms. The van der Waals surface area contributed by atoms with Crippen molar-refractivity contribution in [3.63, 3.8) is 0 Å². The van der Waals surface area contributed by atoms with Gasteiger partial charge in [0.2, 0.25) is 0 Å². The van der Waals surface area contributed by atoms with Gasteiger partial charge in [0.15, 0.2) is 0 Å². The number of hydrogen-bond acceptors (Lipinski definition) is 38. The van der Waals surface area contributed by atoms with E-state index in [1.54, 1.807) is 0 Å². The van der Waals surface area contributed by atoms with Crippen molar-refractivity contribution in [2.75, 3.05) is 9.80 Å². The molecule has 5 rings (SSSR count). The minimum absolute atomic E-state index is 0.177. The Labute approximate surface area is 518 Å². The van der Waals surface area contributed by atoms with Crippen molar-refractivity contribution in [1.29, 1.82) is 0 Å². The highest BCUT2D eigenvalue weighted by Gasteiger charge is 2.56. The van der Waals surface area contributed by atoms with Gasteiger partial charge in [0.1, 0.15) is 73.2 Å². The largest absolute Gasteiger partial charge is 0.398 e. The average molecular weight is 1580 g/mol. The fourth-order valence-corrected chi connectivity index (χ4v) is 14.9. The zero-order chi connectivity index (χ0) is 70.5. The fraction of sp³-hybridized carbons (Fsp3) is 0.533. The third-order valence-corrected chi connectivity index (χ3v) is 17.0. The van der Waals surface area contributed by atoms with E-state index in [2.05, 4.69) is 50.2 Å². The normalized spacial score (nSPS) is 30.0. The summed E-state index contributed by atoms with van der Waals surface area (Å²) in [6, 6.07) is -9.61. The lowest BCUT2D eigenvalue weighted by atomic mass is 9.87. The highest BCUT2D eigenvalue weighted by atomic mass is 32.3. The molecule has 62 heteroatoms. The quantitative estimate of drug-likeness (QED) is 0.0252. The smallest absolute Gasteiger partial charge is 0.353 e. The van der Waals surface area contributed by atoms with Crippen molar-refractivity contribution < 1.29 is 206 Å². The van der Waals surface area contributed by atoms with Gasteiger partial charge in [-0.3, -0.25) is 54.6 Å². The van der Waals surface area contributed by atoms with E-state index >= 15 is 0 Å². The first kappa shape index (κ1) is 78.9. The predicted molar refractivity (Wildman–Crippen MR) is 280 cm³/mol. The molecule has 0 aromatic heterocycles. The molecule has 0 saturated carbocycles. The number of hydrogen-bond donors (Lipinski definition) is 12. The first-order valence-electron chi connectivity index (χ1n) is 22.3. The predicted octanol–water partition coefficient (Wildman–Crippen LogP) is -6.69. The van der Waals surface area contributed by atoms with E-state index < -0.39 is 234 Å². The number of anilines is 2. The van der Waals surface area contributed by atoms with Gasteiger partial charge in [-0.15, -0.1) is 0 Å². The van der Waals surface area contributed by atoms with Crippen LogP contribution in [0, 0.1) is 0 Å². The Morgan fingerprint density at radius 2 is 0.337 bits per heavy atom. The molecular formula is C30H40N2O48S12. The third-order valence-electron chi connectivity index (χ3n) is 11.5. The summed E-state index contributed by atoms with van der Waals surface area (Å²) < 4.78 is 467. The molecule has 4 aliphatic rings. The first-order chi connectivity index (χ1) is 41.0. The minimum Gasteiger partial charge on any atom is -0.353 e. The Balaban J connectivity index is 2.05. The minimum atomic E-state index is -6.33. The van der Waals surface area contributed by atoms with Crippen molar-refractivity contribution in [2.45, 2.75) is 97.4 Å². The first-order valence-corrected chi connectivity index (χ1v) is 38.7. The van der Waals surface area contributed by atoms with E-state index in [0.29, 0.717) is 48.6 Å². The van der Waals surface area contributed by atoms with Crippen LogP contribution in [0.2, 0.25) is 0 Å². The molecule has 0 spiro atoms. The Hall–Kier alpha value is -3.78. The molecule has 16 atom stereocenters. The van der Waals surface area contributed by atoms with Gasteiger partial charge >= 0.3 is 125 Å². The number of benzene rings is 1. The summed E-state index contributed by atoms with van der Waals surface area (Å²) in [6.45, 7) is 0. The lowest BCUT2D eigenvalue weighted by molar-refractivity contribution is -0.0353. The Morgan fingerprint density at radius 1 is 0.207 bits per heavy atom. The SMILES string of the molecule is O=S(=O)(O)O[C@H]1[C@H](OS(=O)(=O)O)[C@@H](N(c2ccc(N([C@H]3C=C[C@@H](OS(=O)(=O)O)[C@@H](OS(=O)(=O)O)[C@@H]3OS(=O)(=O)O)[C@H]3C=C[C@@H](OS(=O)(=O)O)[C@@H](OS(=O)(=O)O)[C@@H]3OS(=O)(=O)O)cc2)[C@H]2C=C[C@@H](OS(=O)(=O)O)[C@@H](OS(=O)(=O)O)[C@@H]2OS(=O)(=O)O)C=C[C@H]1OS(=O)(=O)O. The van der Waals surface area contributed by atoms with Crippen LogP contribution in [0.25, 0.3) is 0 Å². The summed E-state index contributed by atoms with van der Waals surface area (Å²) in [6.07, 6.45) is -35.4. The van der Waals surface area contributed by atoms with Crippen molar-refractivity contribution in [3.8, 4) is 0 Å². The van der Waals surface area contributed by atoms with Gasteiger partial charge in [0.05, 0.1) is 24.2 Å². The summed E-state index contributed by atoms with van der Waals surface area (Å²) in [5, 5.41) is 0. The molecule has 1 aromatic rings. The van der Waals surface area contributed by atoms with E-state index in [4.69, 9.17) is 0 Å². The van der Waals surface area contributed by atoms with E-state index in [1.807, 2.05) is 0 Å². The van der Waals surface area contributed by atoms with Crippen molar-refractivity contribution in [2.24, 2.45) is 0 Å². The van der Waals surface area contributed by atoms with Gasteiger partial charge in [-0.1, -0.05) is 48.6 Å². The molecule has 12 N–H and O–H groups in total. The lowest BCUT2D eigenvalue weighted by Gasteiger charge is -2.49. The second kappa shape index (κ2) is 28.0. The van der Waals surface area contributed by atoms with Crippen molar-refractivity contribution in [3.05, 3.63) is 72.9 Å². The highest BCUT2D eigenvalue weighted by Crippen LogP contribution is 2.42. The molecule has 4 aliphatic carbocycles. The lowest BCUT2D eigenvalue weighted by Crippen LogP contribution is -2.64. The van der Waals surface area contributed by atoms with E-state index in [1.165, 1.54) is 0 Å².